The van der Waals surface area contributed by atoms with Crippen LogP contribution < -0.4 is 9.80 Å². The van der Waals surface area contributed by atoms with Crippen LogP contribution >= 0.6 is 0 Å². The molecular weight excluding hydrogens is 905 g/mol. The van der Waals surface area contributed by atoms with Gasteiger partial charge in [0.25, 0.3) is 0 Å². The highest BCUT2D eigenvalue weighted by molar-refractivity contribution is 6.10. The molecule has 1 aliphatic rings. The van der Waals surface area contributed by atoms with Crippen LogP contribution in [0.25, 0.3) is 82.9 Å². The summed E-state index contributed by atoms with van der Waals surface area (Å²) in [6.07, 6.45) is 13.5. The first kappa shape index (κ1) is 42.9. The summed E-state index contributed by atoms with van der Waals surface area (Å²) < 4.78 is 4.71. The summed E-state index contributed by atoms with van der Waals surface area (Å²) in [5, 5.41) is 4.98. The molecule has 14 rings (SSSR count). The van der Waals surface area contributed by atoms with Gasteiger partial charge in [-0.3, -0.25) is 9.97 Å². The summed E-state index contributed by atoms with van der Waals surface area (Å²) in [7, 11) is 0. The fraction of sp³-hybridized carbons (Fsp3) is 0.0303. The molecule has 8 heteroatoms. The minimum Gasteiger partial charge on any atom is -0.313 e. The van der Waals surface area contributed by atoms with Crippen molar-refractivity contribution in [3.05, 3.63) is 267 Å². The molecular formula is C66H46N8. The molecule has 0 atom stereocenters. The van der Waals surface area contributed by atoms with Crippen LogP contribution in [-0.4, -0.2) is 29.1 Å². The fourth-order valence-corrected chi connectivity index (χ4v) is 11.0. The van der Waals surface area contributed by atoms with Gasteiger partial charge in [-0.25, -0.2) is 9.97 Å². The maximum absolute atomic E-state index is 5.35. The normalized spacial score (nSPS) is 12.6. The Bertz CT molecular complexity index is 4180. The van der Waals surface area contributed by atoms with Crippen molar-refractivity contribution in [3.8, 4) is 22.6 Å². The van der Waals surface area contributed by atoms with Crippen molar-refractivity contribution in [2.24, 2.45) is 0 Å². The van der Waals surface area contributed by atoms with Gasteiger partial charge in [-0.15, -0.1) is 0 Å². The lowest BCUT2D eigenvalue weighted by Crippen LogP contribution is -2.18. The van der Waals surface area contributed by atoms with Gasteiger partial charge in [-0.2, -0.15) is 0 Å². The topological polar surface area (TPSA) is 67.9 Å². The van der Waals surface area contributed by atoms with Gasteiger partial charge in [0.1, 0.15) is 0 Å². The first-order chi connectivity index (χ1) is 36.7. The highest BCUT2D eigenvalue weighted by Crippen LogP contribution is 2.42. The summed E-state index contributed by atoms with van der Waals surface area (Å²) in [6, 6.07) is 77.3. The van der Waals surface area contributed by atoms with E-state index in [1.807, 2.05) is 55.1 Å². The third-order valence-corrected chi connectivity index (χ3v) is 14.4. The molecule has 0 spiro atoms. The minimum absolute atomic E-state index is 0.777. The predicted molar refractivity (Wildman–Crippen MR) is 304 cm³/mol. The summed E-state index contributed by atoms with van der Waals surface area (Å²) in [5.74, 6) is 0. The summed E-state index contributed by atoms with van der Waals surface area (Å²) in [5.41, 5.74) is 18.8. The molecule has 0 fully saturated rings. The Morgan fingerprint density at radius 1 is 0.338 bits per heavy atom. The number of hydrogen-bond donors (Lipinski definition) is 0. The molecule has 0 N–H and O–H groups in total. The number of aromatic nitrogens is 6. The van der Waals surface area contributed by atoms with Crippen LogP contribution in [0.2, 0.25) is 0 Å². The standard InChI is InChI=1S/C66H46N8/c1-7-21-61-55(15-1)56-16-2-8-22-62(56)73(61)51-37-33-49(34-38-51)71(53-13-11-41-67-43-53)47-29-25-45(26-30-47)65-66(70-60-20-6-5-19-59(60)69-65)46-27-31-48(32-28-46)72(54-14-12-42-68-44-54)50-35-39-52(40-36-50)74-63-23-9-3-17-57(63)58-18-4-10-24-64(58)74/h1-27,29-31,33-44H,28,32H2. The van der Waals surface area contributed by atoms with Crippen LogP contribution in [0.1, 0.15) is 18.5 Å². The van der Waals surface area contributed by atoms with E-state index in [9.17, 15) is 0 Å². The van der Waals surface area contributed by atoms with Crippen molar-refractivity contribution < 1.29 is 0 Å². The molecule has 0 saturated carbocycles. The van der Waals surface area contributed by atoms with Crippen molar-refractivity contribution in [2.75, 3.05) is 9.80 Å². The fourth-order valence-electron chi connectivity index (χ4n) is 11.0. The Morgan fingerprint density at radius 2 is 0.757 bits per heavy atom. The van der Waals surface area contributed by atoms with E-state index in [-0.39, 0.29) is 0 Å². The quantitative estimate of drug-likeness (QED) is 0.136. The monoisotopic (exact) mass is 950 g/mol. The van der Waals surface area contributed by atoms with Gasteiger partial charge in [0.2, 0.25) is 0 Å². The highest BCUT2D eigenvalue weighted by Gasteiger charge is 2.23. The van der Waals surface area contributed by atoms with E-state index in [4.69, 9.17) is 9.97 Å². The van der Waals surface area contributed by atoms with Crippen LogP contribution in [-0.2, 0) is 0 Å². The summed E-state index contributed by atoms with van der Waals surface area (Å²) in [4.78, 5) is 24.4. The van der Waals surface area contributed by atoms with Gasteiger partial charge in [0.05, 0.1) is 68.3 Å². The van der Waals surface area contributed by atoms with Crippen molar-refractivity contribution in [1.29, 1.82) is 0 Å². The van der Waals surface area contributed by atoms with E-state index in [2.05, 4.69) is 229 Å². The maximum Gasteiger partial charge on any atom is 0.0969 e. The van der Waals surface area contributed by atoms with Crippen molar-refractivity contribution >= 4 is 88.7 Å². The molecule has 0 unspecified atom stereocenters. The van der Waals surface area contributed by atoms with Gasteiger partial charge in [-0.1, -0.05) is 103 Å². The third-order valence-electron chi connectivity index (χ3n) is 14.4. The summed E-state index contributed by atoms with van der Waals surface area (Å²) in [6.45, 7) is 0. The SMILES string of the molecule is C1=C(c2nc3ccccc3nc2-c2ccc(N(c3ccc(-n4c5ccccc5c5ccccc54)cc3)c3cccnc3)cc2)CCC(N(c2ccc(-n3c4ccccc4c4ccccc43)cc2)c2cccnc2)=C1. The Kier molecular flexibility index (Phi) is 10.5. The Hall–Kier alpha value is -9.92. The summed E-state index contributed by atoms with van der Waals surface area (Å²) >= 11 is 0. The Labute approximate surface area is 427 Å². The average molecular weight is 951 g/mol. The third kappa shape index (κ3) is 7.39. The molecule has 13 aromatic rings. The zero-order valence-corrected chi connectivity index (χ0v) is 40.2. The zero-order chi connectivity index (χ0) is 49.0. The molecule has 1 aliphatic carbocycles. The minimum atomic E-state index is 0.777. The van der Waals surface area contributed by atoms with Crippen LogP contribution in [0.3, 0.4) is 0 Å². The van der Waals surface area contributed by atoms with Gasteiger partial charge in [-0.05, 0) is 146 Å². The first-order valence-corrected chi connectivity index (χ1v) is 25.1. The van der Waals surface area contributed by atoms with Crippen LogP contribution in [0.5, 0.6) is 0 Å². The van der Waals surface area contributed by atoms with E-state index in [0.29, 0.717) is 0 Å². The van der Waals surface area contributed by atoms with Gasteiger partial charge in [0.15, 0.2) is 0 Å². The van der Waals surface area contributed by atoms with Crippen LogP contribution in [0, 0.1) is 0 Å². The highest BCUT2D eigenvalue weighted by atomic mass is 15.2. The second kappa shape index (κ2) is 18.0. The number of para-hydroxylation sites is 6. The van der Waals surface area contributed by atoms with E-state index in [1.54, 1.807) is 0 Å². The van der Waals surface area contributed by atoms with Crippen molar-refractivity contribution in [1.82, 2.24) is 29.1 Å². The Morgan fingerprint density at radius 3 is 1.20 bits per heavy atom. The van der Waals surface area contributed by atoms with Gasteiger partial charge >= 0.3 is 0 Å². The second-order valence-electron chi connectivity index (χ2n) is 18.7. The average Bonchev–Trinajstić information content (AvgIpc) is 4.00. The lowest BCUT2D eigenvalue weighted by atomic mass is 9.95. The first-order valence-electron chi connectivity index (χ1n) is 25.1. The van der Waals surface area contributed by atoms with E-state index in [1.165, 1.54) is 49.3 Å². The number of nitrogens with zero attached hydrogens (tertiary/aromatic N) is 8. The molecule has 5 heterocycles. The van der Waals surface area contributed by atoms with Crippen LogP contribution in [0.4, 0.5) is 28.4 Å². The molecule has 74 heavy (non-hydrogen) atoms. The lowest BCUT2D eigenvalue weighted by Gasteiger charge is -2.30. The number of hydrogen-bond acceptors (Lipinski definition) is 6. The van der Waals surface area contributed by atoms with Crippen LogP contribution in [0.15, 0.2) is 261 Å². The molecule has 350 valence electrons. The number of fused-ring (bicyclic) bond motifs is 7. The molecule has 5 aromatic heterocycles. The van der Waals surface area contributed by atoms with E-state index >= 15 is 0 Å². The number of anilines is 5. The maximum atomic E-state index is 5.35. The van der Waals surface area contributed by atoms with E-state index < -0.39 is 0 Å². The number of pyridine rings is 2. The predicted octanol–water partition coefficient (Wildman–Crippen LogP) is 16.7. The molecule has 0 bridgehead atoms. The number of allylic oxidation sites excluding steroid dienone is 4. The Balaban J connectivity index is 0.809. The molecule has 8 aromatic carbocycles. The molecule has 8 nitrogen and oxygen atoms in total. The smallest absolute Gasteiger partial charge is 0.0969 e. The largest absolute Gasteiger partial charge is 0.313 e. The second-order valence-corrected chi connectivity index (χ2v) is 18.7. The van der Waals surface area contributed by atoms with Crippen molar-refractivity contribution in [2.45, 2.75) is 12.8 Å². The molecule has 0 amide bonds. The number of rotatable bonds is 10. The lowest BCUT2D eigenvalue weighted by molar-refractivity contribution is 0.922. The molecule has 0 saturated heterocycles. The van der Waals surface area contributed by atoms with Crippen molar-refractivity contribution in [3.63, 3.8) is 0 Å². The van der Waals surface area contributed by atoms with Gasteiger partial charge < -0.3 is 18.9 Å². The zero-order valence-electron chi connectivity index (χ0n) is 40.2. The van der Waals surface area contributed by atoms with Gasteiger partial charge in [0, 0.05) is 73.6 Å². The molecule has 0 radical (unpaired) electrons. The molecule has 0 aliphatic heterocycles. The number of benzene rings is 8. The van der Waals surface area contributed by atoms with E-state index in [0.717, 1.165) is 86.2 Å².